The van der Waals surface area contributed by atoms with Crippen LogP contribution in [0.4, 0.5) is 10.2 Å². The van der Waals surface area contributed by atoms with Crippen molar-refractivity contribution < 1.29 is 4.39 Å². The molecule has 0 radical (unpaired) electrons. The Bertz CT molecular complexity index is 301. The Balaban J connectivity index is 2.17. The normalized spacial score (nSPS) is 21.6. The molecule has 1 atom stereocenters. The number of hydrogen-bond acceptors (Lipinski definition) is 2. The molecular weight excluding hydrogens is 247 g/mol. The maximum absolute atomic E-state index is 12.7. The molecule has 14 heavy (non-hydrogen) atoms. The Hall–Kier alpha value is -0.640. The molecule has 2 rings (SSSR count). The minimum atomic E-state index is -0.275. The van der Waals surface area contributed by atoms with Gasteiger partial charge in [0.15, 0.2) is 0 Å². The second-order valence-electron chi connectivity index (χ2n) is 3.48. The molecule has 0 bridgehead atoms. The highest BCUT2D eigenvalue weighted by molar-refractivity contribution is 9.09. The Morgan fingerprint density at radius 2 is 2.43 bits per heavy atom. The molecule has 0 amide bonds. The summed E-state index contributed by atoms with van der Waals surface area (Å²) in [5, 5.41) is 0.950. The van der Waals surface area contributed by atoms with Gasteiger partial charge in [-0.3, -0.25) is 0 Å². The number of rotatable bonds is 2. The quantitative estimate of drug-likeness (QED) is 0.759. The lowest BCUT2D eigenvalue weighted by atomic mass is 10.2. The summed E-state index contributed by atoms with van der Waals surface area (Å²) in [5.41, 5.74) is 0. The number of halogens is 2. The summed E-state index contributed by atoms with van der Waals surface area (Å²) in [6.07, 6.45) is 3.65. The smallest absolute Gasteiger partial charge is 0.141 e. The first-order chi connectivity index (χ1) is 6.81. The topological polar surface area (TPSA) is 16.1 Å². The van der Waals surface area contributed by atoms with E-state index in [1.54, 1.807) is 6.07 Å². The zero-order valence-corrected chi connectivity index (χ0v) is 9.37. The van der Waals surface area contributed by atoms with Gasteiger partial charge in [-0.05, 0) is 25.0 Å². The lowest BCUT2D eigenvalue weighted by Gasteiger charge is -2.23. The van der Waals surface area contributed by atoms with Crippen molar-refractivity contribution in [3.63, 3.8) is 0 Å². The first-order valence-corrected chi connectivity index (χ1v) is 5.87. The second kappa shape index (κ2) is 4.26. The van der Waals surface area contributed by atoms with Gasteiger partial charge >= 0.3 is 0 Å². The molecule has 0 saturated carbocycles. The van der Waals surface area contributed by atoms with Crippen LogP contribution < -0.4 is 4.90 Å². The summed E-state index contributed by atoms with van der Waals surface area (Å²) in [6, 6.07) is 3.72. The van der Waals surface area contributed by atoms with Gasteiger partial charge in [-0.15, -0.1) is 0 Å². The van der Waals surface area contributed by atoms with Gasteiger partial charge in [0, 0.05) is 17.9 Å². The van der Waals surface area contributed by atoms with E-state index in [2.05, 4.69) is 25.8 Å². The van der Waals surface area contributed by atoms with Crippen LogP contribution in [-0.4, -0.2) is 22.9 Å². The lowest BCUT2D eigenvalue weighted by molar-refractivity contribution is 0.619. The third kappa shape index (κ3) is 1.90. The molecule has 2 heterocycles. The van der Waals surface area contributed by atoms with E-state index in [-0.39, 0.29) is 5.82 Å². The van der Waals surface area contributed by atoms with Crippen LogP contribution in [0.15, 0.2) is 18.3 Å². The van der Waals surface area contributed by atoms with Crippen molar-refractivity contribution in [2.75, 3.05) is 16.8 Å². The molecule has 2 nitrogen and oxygen atoms in total. The average molecular weight is 259 g/mol. The number of hydrogen-bond donors (Lipinski definition) is 0. The average Bonchev–Trinajstić information content (AvgIpc) is 2.67. The molecule has 0 aromatic carbocycles. The molecule has 1 aromatic rings. The first-order valence-electron chi connectivity index (χ1n) is 4.75. The van der Waals surface area contributed by atoms with Crippen LogP contribution in [-0.2, 0) is 0 Å². The predicted molar refractivity (Wildman–Crippen MR) is 58.4 cm³/mol. The third-order valence-corrected chi connectivity index (χ3v) is 3.31. The van der Waals surface area contributed by atoms with Gasteiger partial charge in [-0.2, -0.15) is 0 Å². The minimum absolute atomic E-state index is 0.275. The summed E-state index contributed by atoms with van der Waals surface area (Å²) in [7, 11) is 0. The fourth-order valence-corrected chi connectivity index (χ4v) is 2.51. The van der Waals surface area contributed by atoms with Crippen LogP contribution in [0, 0.1) is 5.82 Å². The van der Waals surface area contributed by atoms with Crippen molar-refractivity contribution >= 4 is 21.7 Å². The third-order valence-electron chi connectivity index (χ3n) is 2.56. The number of pyridine rings is 1. The Morgan fingerprint density at radius 1 is 1.57 bits per heavy atom. The highest BCUT2D eigenvalue weighted by Gasteiger charge is 2.24. The monoisotopic (exact) mass is 258 g/mol. The van der Waals surface area contributed by atoms with Crippen LogP contribution in [0.1, 0.15) is 12.8 Å². The van der Waals surface area contributed by atoms with E-state index < -0.39 is 0 Å². The van der Waals surface area contributed by atoms with Crippen molar-refractivity contribution in [3.05, 3.63) is 24.1 Å². The molecule has 1 unspecified atom stereocenters. The molecule has 0 spiro atoms. The second-order valence-corrected chi connectivity index (χ2v) is 4.13. The zero-order valence-electron chi connectivity index (χ0n) is 7.79. The fraction of sp³-hybridized carbons (Fsp3) is 0.500. The summed E-state index contributed by atoms with van der Waals surface area (Å²) < 4.78 is 12.7. The lowest BCUT2D eigenvalue weighted by Crippen LogP contribution is -2.30. The number of alkyl halides is 1. The minimum Gasteiger partial charge on any atom is -0.353 e. The number of nitrogens with zero attached hydrogens (tertiary/aromatic N) is 2. The van der Waals surface area contributed by atoms with Crippen LogP contribution in [0.2, 0.25) is 0 Å². The van der Waals surface area contributed by atoms with Crippen molar-refractivity contribution in [1.29, 1.82) is 0 Å². The molecule has 76 valence electrons. The molecule has 1 aliphatic heterocycles. The van der Waals surface area contributed by atoms with Gasteiger partial charge in [0.1, 0.15) is 11.6 Å². The van der Waals surface area contributed by atoms with E-state index in [1.807, 2.05) is 0 Å². The van der Waals surface area contributed by atoms with Gasteiger partial charge in [-0.25, -0.2) is 9.37 Å². The van der Waals surface area contributed by atoms with Crippen molar-refractivity contribution in [1.82, 2.24) is 4.98 Å². The standard InChI is InChI=1S/C10H12BrFN2/c11-6-9-2-1-5-14(9)10-4-3-8(12)7-13-10/h3-4,7,9H,1-2,5-6H2. The highest BCUT2D eigenvalue weighted by Crippen LogP contribution is 2.24. The summed E-state index contributed by atoms with van der Waals surface area (Å²) >= 11 is 3.48. The van der Waals surface area contributed by atoms with E-state index in [0.29, 0.717) is 6.04 Å². The van der Waals surface area contributed by atoms with Crippen molar-refractivity contribution in [2.45, 2.75) is 18.9 Å². The van der Waals surface area contributed by atoms with Crippen molar-refractivity contribution in [2.24, 2.45) is 0 Å². The van der Waals surface area contributed by atoms with Gasteiger partial charge < -0.3 is 4.90 Å². The van der Waals surface area contributed by atoms with Gasteiger partial charge in [0.05, 0.1) is 6.20 Å². The zero-order chi connectivity index (χ0) is 9.97. The van der Waals surface area contributed by atoms with E-state index in [4.69, 9.17) is 0 Å². The van der Waals surface area contributed by atoms with E-state index in [1.165, 1.54) is 25.1 Å². The molecule has 1 fully saturated rings. The van der Waals surface area contributed by atoms with E-state index in [0.717, 1.165) is 17.7 Å². The highest BCUT2D eigenvalue weighted by atomic mass is 79.9. The van der Waals surface area contributed by atoms with E-state index >= 15 is 0 Å². The molecule has 1 aromatic heterocycles. The summed E-state index contributed by atoms with van der Waals surface area (Å²) in [5.74, 6) is 0.608. The van der Waals surface area contributed by atoms with Crippen LogP contribution >= 0.6 is 15.9 Å². The number of aromatic nitrogens is 1. The molecular formula is C10H12BrFN2. The van der Waals surface area contributed by atoms with Crippen LogP contribution in [0.5, 0.6) is 0 Å². The molecule has 1 aliphatic rings. The fourth-order valence-electron chi connectivity index (χ4n) is 1.84. The molecule has 4 heteroatoms. The van der Waals surface area contributed by atoms with Crippen LogP contribution in [0.3, 0.4) is 0 Å². The maximum Gasteiger partial charge on any atom is 0.141 e. The Morgan fingerprint density at radius 3 is 3.07 bits per heavy atom. The largest absolute Gasteiger partial charge is 0.353 e. The van der Waals surface area contributed by atoms with Gasteiger partial charge in [-0.1, -0.05) is 15.9 Å². The van der Waals surface area contributed by atoms with Crippen LogP contribution in [0.25, 0.3) is 0 Å². The molecule has 0 N–H and O–H groups in total. The van der Waals surface area contributed by atoms with Gasteiger partial charge in [0.2, 0.25) is 0 Å². The number of anilines is 1. The SMILES string of the molecule is Fc1ccc(N2CCCC2CBr)nc1. The first kappa shape index (κ1) is 9.90. The predicted octanol–water partition coefficient (Wildman–Crippen LogP) is 2.58. The molecule has 1 saturated heterocycles. The summed E-state index contributed by atoms with van der Waals surface area (Å²) in [4.78, 5) is 6.32. The van der Waals surface area contributed by atoms with Crippen molar-refractivity contribution in [3.8, 4) is 0 Å². The van der Waals surface area contributed by atoms with E-state index in [9.17, 15) is 4.39 Å². The summed E-state index contributed by atoms with van der Waals surface area (Å²) in [6.45, 7) is 1.02. The molecule has 0 aliphatic carbocycles. The Labute approximate surface area is 91.3 Å². The maximum atomic E-state index is 12.7. The van der Waals surface area contributed by atoms with Gasteiger partial charge in [0.25, 0.3) is 0 Å². The Kier molecular flexibility index (Phi) is 3.01.